The Morgan fingerprint density at radius 2 is 1.70 bits per heavy atom. The van der Waals surface area contributed by atoms with Crippen molar-refractivity contribution in [1.82, 2.24) is 0 Å². The lowest BCUT2D eigenvalue weighted by Gasteiger charge is -2.06. The van der Waals surface area contributed by atoms with E-state index in [-0.39, 0.29) is 21.8 Å². The lowest BCUT2D eigenvalue weighted by Crippen LogP contribution is -2.02. The maximum absolute atomic E-state index is 13.5. The largest absolute Gasteiger partial charge is 0.254 e. The molecule has 0 saturated heterocycles. The minimum atomic E-state index is -1.91. The summed E-state index contributed by atoms with van der Waals surface area (Å²) in [4.78, 5) is -0.307. The number of rotatable bonds is 3. The zero-order valence-corrected chi connectivity index (χ0v) is 10.9. The van der Waals surface area contributed by atoms with E-state index in [4.69, 9.17) is 5.26 Å². The van der Waals surface area contributed by atoms with Crippen molar-refractivity contribution in [1.29, 1.82) is 5.26 Å². The summed E-state index contributed by atoms with van der Waals surface area (Å²) in [7, 11) is -1.91. The average Bonchev–Trinajstić information content (AvgIpc) is 2.41. The van der Waals surface area contributed by atoms with E-state index in [9.17, 15) is 17.4 Å². The molecule has 0 N–H and O–H groups in total. The van der Waals surface area contributed by atoms with Gasteiger partial charge in [0.1, 0.15) is 17.5 Å². The van der Waals surface area contributed by atoms with Gasteiger partial charge in [-0.05, 0) is 42.0 Å². The zero-order valence-electron chi connectivity index (χ0n) is 10.1. The molecule has 102 valence electrons. The van der Waals surface area contributed by atoms with Gasteiger partial charge < -0.3 is 0 Å². The molecule has 0 heterocycles. The van der Waals surface area contributed by atoms with E-state index >= 15 is 0 Å². The van der Waals surface area contributed by atoms with Crippen molar-refractivity contribution < 1.29 is 17.4 Å². The first kappa shape index (κ1) is 14.3. The Morgan fingerprint density at radius 1 is 1.05 bits per heavy atom. The molecule has 2 aromatic carbocycles. The molecule has 0 radical (unpaired) electrons. The number of nitrogens with zero attached hydrogens (tertiary/aromatic N) is 1. The van der Waals surface area contributed by atoms with E-state index in [0.29, 0.717) is 0 Å². The molecule has 0 bridgehead atoms. The van der Waals surface area contributed by atoms with Gasteiger partial charge in [-0.15, -0.1) is 0 Å². The van der Waals surface area contributed by atoms with Gasteiger partial charge in [0.2, 0.25) is 0 Å². The molecule has 0 spiro atoms. The van der Waals surface area contributed by atoms with Crippen LogP contribution in [0.25, 0.3) is 0 Å². The van der Waals surface area contributed by atoms with E-state index in [0.717, 1.165) is 30.3 Å². The Hall–Kier alpha value is -2.13. The monoisotopic (exact) mass is 295 g/mol. The highest BCUT2D eigenvalue weighted by molar-refractivity contribution is 7.84. The third kappa shape index (κ3) is 3.06. The maximum atomic E-state index is 13.5. The fourth-order valence-corrected chi connectivity index (χ4v) is 2.87. The summed E-state index contributed by atoms with van der Waals surface area (Å²) < 4.78 is 51.7. The molecule has 0 aliphatic rings. The van der Waals surface area contributed by atoms with E-state index in [1.807, 2.05) is 6.07 Å². The highest BCUT2D eigenvalue weighted by atomic mass is 32.2. The Labute approximate surface area is 115 Å². The Balaban J connectivity index is 2.35. The minimum absolute atomic E-state index is 0.150. The number of hydrogen-bond acceptors (Lipinski definition) is 2. The second kappa shape index (κ2) is 5.88. The first-order valence-corrected chi connectivity index (χ1v) is 6.85. The number of benzene rings is 2. The molecule has 20 heavy (non-hydrogen) atoms. The Kier molecular flexibility index (Phi) is 4.20. The summed E-state index contributed by atoms with van der Waals surface area (Å²) >= 11 is 0. The first-order valence-electron chi connectivity index (χ1n) is 5.53. The van der Waals surface area contributed by atoms with Gasteiger partial charge in [0.15, 0.2) is 0 Å². The molecule has 0 aliphatic carbocycles. The molecule has 2 nitrogen and oxygen atoms in total. The average molecular weight is 295 g/mol. The Morgan fingerprint density at radius 3 is 2.40 bits per heavy atom. The van der Waals surface area contributed by atoms with Crippen LogP contribution in [-0.4, -0.2) is 4.21 Å². The van der Waals surface area contributed by atoms with Crippen LogP contribution in [0.15, 0.2) is 41.3 Å². The fourth-order valence-electron chi connectivity index (χ4n) is 1.66. The van der Waals surface area contributed by atoms with E-state index in [1.54, 1.807) is 0 Å². The van der Waals surface area contributed by atoms with Gasteiger partial charge in [0, 0.05) is 0 Å². The summed E-state index contributed by atoms with van der Waals surface area (Å²) in [5, 5.41) is 8.89. The third-order valence-corrected chi connectivity index (χ3v) is 3.99. The number of nitriles is 1. The molecule has 2 aromatic rings. The molecule has 1 unspecified atom stereocenters. The summed E-state index contributed by atoms with van der Waals surface area (Å²) in [6.45, 7) is 0. The molecule has 0 amide bonds. The summed E-state index contributed by atoms with van der Waals surface area (Å²) in [6, 6.07) is 7.88. The second-order valence-electron chi connectivity index (χ2n) is 3.98. The van der Waals surface area contributed by atoms with Gasteiger partial charge in [0.05, 0.1) is 33.1 Å². The molecule has 1 atom stereocenters. The summed E-state index contributed by atoms with van der Waals surface area (Å²) in [5.74, 6) is -2.37. The lowest BCUT2D eigenvalue weighted by molar-refractivity contribution is 0.572. The van der Waals surface area contributed by atoms with Crippen molar-refractivity contribution in [2.24, 2.45) is 0 Å². The van der Waals surface area contributed by atoms with Crippen LogP contribution in [0.1, 0.15) is 11.1 Å². The van der Waals surface area contributed by atoms with Crippen molar-refractivity contribution in [3.05, 3.63) is 65.0 Å². The highest BCUT2D eigenvalue weighted by Gasteiger charge is 2.14. The predicted octanol–water partition coefficient (Wildman–Crippen LogP) is 3.28. The molecule has 2 rings (SSSR count). The van der Waals surface area contributed by atoms with Crippen LogP contribution in [0.5, 0.6) is 0 Å². The topological polar surface area (TPSA) is 40.9 Å². The Bertz CT molecular complexity index is 725. The van der Waals surface area contributed by atoms with Crippen LogP contribution in [0.3, 0.4) is 0 Å². The standard InChI is InChI=1S/C14H8F3NOS/c15-11-2-1-9(7-18)10(5-11)8-20(19)14-6-12(16)3-4-13(14)17/h1-6H,8H2. The summed E-state index contributed by atoms with van der Waals surface area (Å²) in [5.41, 5.74) is 0.339. The van der Waals surface area contributed by atoms with Crippen molar-refractivity contribution in [2.45, 2.75) is 10.6 Å². The zero-order chi connectivity index (χ0) is 14.7. The van der Waals surface area contributed by atoms with Gasteiger partial charge >= 0.3 is 0 Å². The summed E-state index contributed by atoms with van der Waals surface area (Å²) in [6.07, 6.45) is 0. The second-order valence-corrected chi connectivity index (χ2v) is 5.40. The highest BCUT2D eigenvalue weighted by Crippen LogP contribution is 2.20. The molecule has 0 fully saturated rings. The number of halogens is 3. The van der Waals surface area contributed by atoms with Crippen LogP contribution in [0.4, 0.5) is 13.2 Å². The molecular formula is C14H8F3NOS. The molecule has 0 saturated carbocycles. The van der Waals surface area contributed by atoms with Crippen LogP contribution < -0.4 is 0 Å². The van der Waals surface area contributed by atoms with Gasteiger partial charge in [0.25, 0.3) is 0 Å². The van der Waals surface area contributed by atoms with Gasteiger partial charge in [-0.2, -0.15) is 5.26 Å². The van der Waals surface area contributed by atoms with Gasteiger partial charge in [-0.1, -0.05) is 0 Å². The lowest BCUT2D eigenvalue weighted by atomic mass is 10.1. The van der Waals surface area contributed by atoms with Crippen LogP contribution >= 0.6 is 0 Å². The van der Waals surface area contributed by atoms with Crippen molar-refractivity contribution in [3.8, 4) is 6.07 Å². The molecule has 6 heteroatoms. The van der Waals surface area contributed by atoms with Crippen molar-refractivity contribution in [2.75, 3.05) is 0 Å². The predicted molar refractivity (Wildman–Crippen MR) is 67.6 cm³/mol. The molecule has 0 aromatic heterocycles. The van der Waals surface area contributed by atoms with Crippen LogP contribution in [-0.2, 0) is 16.6 Å². The quantitative estimate of drug-likeness (QED) is 0.872. The fraction of sp³-hybridized carbons (Fsp3) is 0.0714. The molecular weight excluding hydrogens is 287 g/mol. The first-order chi connectivity index (χ1) is 9.51. The smallest absolute Gasteiger partial charge is 0.139 e. The molecule has 0 aliphatic heterocycles. The third-order valence-electron chi connectivity index (χ3n) is 2.61. The van der Waals surface area contributed by atoms with E-state index in [1.165, 1.54) is 6.07 Å². The van der Waals surface area contributed by atoms with Gasteiger partial charge in [-0.3, -0.25) is 4.21 Å². The van der Waals surface area contributed by atoms with Gasteiger partial charge in [-0.25, -0.2) is 13.2 Å². The number of hydrogen-bond donors (Lipinski definition) is 0. The van der Waals surface area contributed by atoms with Crippen molar-refractivity contribution >= 4 is 10.8 Å². The van der Waals surface area contributed by atoms with Crippen LogP contribution in [0, 0.1) is 28.8 Å². The van der Waals surface area contributed by atoms with Crippen LogP contribution in [0.2, 0.25) is 0 Å². The van der Waals surface area contributed by atoms with Crippen molar-refractivity contribution in [3.63, 3.8) is 0 Å². The van der Waals surface area contributed by atoms with E-state index in [2.05, 4.69) is 0 Å². The van der Waals surface area contributed by atoms with E-state index < -0.39 is 28.3 Å². The normalized spacial score (nSPS) is 11.9. The minimum Gasteiger partial charge on any atom is -0.254 e. The SMILES string of the molecule is N#Cc1ccc(F)cc1CS(=O)c1cc(F)ccc1F. The maximum Gasteiger partial charge on any atom is 0.139 e.